The number of nitrogens with zero attached hydrogens (tertiary/aromatic N) is 2. The molecule has 2 fully saturated rings. The second-order valence-corrected chi connectivity index (χ2v) is 5.87. The number of benzene rings is 1. The van der Waals surface area contributed by atoms with Crippen LogP contribution in [0, 0.1) is 0 Å². The van der Waals surface area contributed by atoms with E-state index in [0.717, 1.165) is 25.2 Å². The first-order valence-corrected chi connectivity index (χ1v) is 7.52. The summed E-state index contributed by atoms with van der Waals surface area (Å²) in [6.07, 6.45) is 4.19. The van der Waals surface area contributed by atoms with Crippen molar-refractivity contribution in [1.82, 2.24) is 9.80 Å². The second kappa shape index (κ2) is 5.83. The maximum absolute atomic E-state index is 12.4. The van der Waals surface area contributed by atoms with Gasteiger partial charge in [-0.1, -0.05) is 18.6 Å². The molecule has 2 saturated heterocycles. The van der Waals surface area contributed by atoms with Gasteiger partial charge in [0.1, 0.15) is 5.75 Å². The molecule has 20 heavy (non-hydrogen) atoms. The number of fused-ring (bicyclic) bond motifs is 1. The molecule has 0 aliphatic carbocycles. The first-order valence-electron chi connectivity index (χ1n) is 7.52. The van der Waals surface area contributed by atoms with E-state index >= 15 is 0 Å². The molecule has 0 saturated carbocycles. The lowest BCUT2D eigenvalue weighted by atomic mass is 9.99. The Kier molecular flexibility index (Phi) is 3.92. The van der Waals surface area contributed by atoms with Crippen LogP contribution in [0.1, 0.15) is 24.8 Å². The number of phenolic OH excluding ortho intramolecular Hbond substituents is 1. The summed E-state index contributed by atoms with van der Waals surface area (Å²) in [6.45, 7) is 3.92. The lowest BCUT2D eigenvalue weighted by molar-refractivity contribution is -0.134. The van der Waals surface area contributed by atoms with Crippen LogP contribution in [-0.4, -0.2) is 53.0 Å². The molecular formula is C16H22N2O2. The van der Waals surface area contributed by atoms with Gasteiger partial charge in [-0.05, 0) is 37.1 Å². The monoisotopic (exact) mass is 274 g/mol. The third-order valence-corrected chi connectivity index (χ3v) is 4.46. The summed E-state index contributed by atoms with van der Waals surface area (Å²) in [4.78, 5) is 16.9. The maximum Gasteiger partial charge on any atom is 0.227 e. The maximum atomic E-state index is 12.4. The first-order chi connectivity index (χ1) is 9.72. The average molecular weight is 274 g/mol. The molecule has 2 aliphatic heterocycles. The Morgan fingerprint density at radius 2 is 2.15 bits per heavy atom. The van der Waals surface area contributed by atoms with Crippen LogP contribution in [-0.2, 0) is 11.2 Å². The predicted molar refractivity (Wildman–Crippen MR) is 77.6 cm³/mol. The molecule has 1 N–H and O–H groups in total. The summed E-state index contributed by atoms with van der Waals surface area (Å²) in [5.74, 6) is 0.410. The molecule has 108 valence electrons. The molecule has 1 aromatic carbocycles. The Morgan fingerprint density at radius 1 is 1.25 bits per heavy atom. The summed E-state index contributed by atoms with van der Waals surface area (Å²) < 4.78 is 0. The van der Waals surface area contributed by atoms with Crippen LogP contribution in [0.25, 0.3) is 0 Å². The van der Waals surface area contributed by atoms with Crippen molar-refractivity contribution in [2.45, 2.75) is 31.7 Å². The van der Waals surface area contributed by atoms with Crippen molar-refractivity contribution < 1.29 is 9.90 Å². The molecule has 1 amide bonds. The van der Waals surface area contributed by atoms with E-state index in [-0.39, 0.29) is 11.7 Å². The lowest BCUT2D eigenvalue weighted by Gasteiger charge is -2.44. The minimum Gasteiger partial charge on any atom is -0.508 e. The number of aromatic hydroxyl groups is 1. The van der Waals surface area contributed by atoms with Crippen molar-refractivity contribution in [3.63, 3.8) is 0 Å². The van der Waals surface area contributed by atoms with Crippen LogP contribution in [0.5, 0.6) is 5.75 Å². The third kappa shape index (κ3) is 2.96. The van der Waals surface area contributed by atoms with Gasteiger partial charge in [0.15, 0.2) is 0 Å². The van der Waals surface area contributed by atoms with Crippen LogP contribution in [0.15, 0.2) is 24.3 Å². The Labute approximate surface area is 120 Å². The minimum atomic E-state index is 0.181. The predicted octanol–water partition coefficient (Wildman–Crippen LogP) is 1.63. The van der Waals surface area contributed by atoms with Crippen LogP contribution in [0.2, 0.25) is 0 Å². The van der Waals surface area contributed by atoms with Gasteiger partial charge >= 0.3 is 0 Å². The number of hydrogen-bond acceptors (Lipinski definition) is 3. The Morgan fingerprint density at radius 3 is 3.00 bits per heavy atom. The molecule has 0 radical (unpaired) electrons. The van der Waals surface area contributed by atoms with Crippen molar-refractivity contribution in [2.75, 3.05) is 26.2 Å². The first kappa shape index (κ1) is 13.4. The van der Waals surface area contributed by atoms with E-state index in [2.05, 4.69) is 4.90 Å². The average Bonchev–Trinajstić information content (AvgIpc) is 2.47. The van der Waals surface area contributed by atoms with Gasteiger partial charge in [-0.25, -0.2) is 0 Å². The van der Waals surface area contributed by atoms with Crippen LogP contribution >= 0.6 is 0 Å². The third-order valence-electron chi connectivity index (χ3n) is 4.46. The second-order valence-electron chi connectivity index (χ2n) is 5.87. The zero-order valence-electron chi connectivity index (χ0n) is 11.8. The van der Waals surface area contributed by atoms with E-state index in [1.807, 2.05) is 11.0 Å². The zero-order valence-corrected chi connectivity index (χ0v) is 11.8. The molecule has 2 aliphatic rings. The van der Waals surface area contributed by atoms with Gasteiger partial charge in [-0.15, -0.1) is 0 Å². The molecule has 0 spiro atoms. The fourth-order valence-electron chi connectivity index (χ4n) is 3.34. The summed E-state index contributed by atoms with van der Waals surface area (Å²) >= 11 is 0. The van der Waals surface area contributed by atoms with E-state index < -0.39 is 0 Å². The Hall–Kier alpha value is -1.55. The van der Waals surface area contributed by atoms with Gasteiger partial charge in [-0.2, -0.15) is 0 Å². The zero-order chi connectivity index (χ0) is 13.9. The quantitative estimate of drug-likeness (QED) is 0.891. The highest BCUT2D eigenvalue weighted by atomic mass is 16.3. The highest BCUT2D eigenvalue weighted by Gasteiger charge is 2.30. The van der Waals surface area contributed by atoms with Gasteiger partial charge in [-0.3, -0.25) is 9.69 Å². The van der Waals surface area contributed by atoms with Gasteiger partial charge in [0, 0.05) is 25.7 Å². The highest BCUT2D eigenvalue weighted by Crippen LogP contribution is 2.21. The number of rotatable bonds is 2. The fourth-order valence-corrected chi connectivity index (χ4v) is 3.34. The number of carbonyl (C=O) groups is 1. The summed E-state index contributed by atoms with van der Waals surface area (Å²) in [5.41, 5.74) is 0.890. The van der Waals surface area contributed by atoms with Crippen LogP contribution in [0.3, 0.4) is 0 Å². The molecule has 4 heteroatoms. The van der Waals surface area contributed by atoms with Crippen LogP contribution in [0.4, 0.5) is 0 Å². The summed E-state index contributed by atoms with van der Waals surface area (Å²) in [5, 5.41) is 9.46. The van der Waals surface area contributed by atoms with Crippen molar-refractivity contribution in [3.05, 3.63) is 29.8 Å². The lowest BCUT2D eigenvalue weighted by Crippen LogP contribution is -2.56. The SMILES string of the molecule is O=C(Cc1cccc(O)c1)N1CCN2CCCCC2C1. The van der Waals surface area contributed by atoms with Gasteiger partial charge in [0.05, 0.1) is 6.42 Å². The molecule has 1 atom stereocenters. The molecule has 0 aromatic heterocycles. The van der Waals surface area contributed by atoms with E-state index in [9.17, 15) is 9.90 Å². The van der Waals surface area contributed by atoms with E-state index in [0.29, 0.717) is 12.5 Å². The minimum absolute atomic E-state index is 0.181. The molecular weight excluding hydrogens is 252 g/mol. The van der Waals surface area contributed by atoms with Crippen molar-refractivity contribution in [2.24, 2.45) is 0 Å². The van der Waals surface area contributed by atoms with E-state index in [4.69, 9.17) is 0 Å². The molecule has 4 nitrogen and oxygen atoms in total. The number of hydrogen-bond donors (Lipinski definition) is 1. The standard InChI is InChI=1S/C16H22N2O2/c19-15-6-3-4-13(10-15)11-16(20)18-9-8-17-7-2-1-5-14(17)12-18/h3-4,6,10,14,19H,1-2,5,7-9,11-12H2. The number of amides is 1. The van der Waals surface area contributed by atoms with E-state index in [1.165, 1.54) is 25.8 Å². The van der Waals surface area contributed by atoms with Gasteiger partial charge < -0.3 is 10.0 Å². The van der Waals surface area contributed by atoms with Crippen molar-refractivity contribution in [3.8, 4) is 5.75 Å². The number of carbonyl (C=O) groups excluding carboxylic acids is 1. The molecule has 1 aromatic rings. The number of piperidine rings is 1. The topological polar surface area (TPSA) is 43.8 Å². The summed E-state index contributed by atoms with van der Waals surface area (Å²) in [6, 6.07) is 7.56. The largest absolute Gasteiger partial charge is 0.508 e. The summed E-state index contributed by atoms with van der Waals surface area (Å²) in [7, 11) is 0. The van der Waals surface area contributed by atoms with Crippen LogP contribution < -0.4 is 0 Å². The van der Waals surface area contributed by atoms with Crippen molar-refractivity contribution >= 4 is 5.91 Å². The van der Waals surface area contributed by atoms with Gasteiger partial charge in [0.25, 0.3) is 0 Å². The number of piperazine rings is 1. The fraction of sp³-hybridized carbons (Fsp3) is 0.562. The van der Waals surface area contributed by atoms with Crippen molar-refractivity contribution in [1.29, 1.82) is 0 Å². The smallest absolute Gasteiger partial charge is 0.227 e. The molecule has 2 heterocycles. The van der Waals surface area contributed by atoms with E-state index in [1.54, 1.807) is 18.2 Å². The number of phenols is 1. The Balaban J connectivity index is 1.60. The normalized spacial score (nSPS) is 23.4. The highest BCUT2D eigenvalue weighted by molar-refractivity contribution is 5.79. The Bertz CT molecular complexity index is 489. The molecule has 0 bridgehead atoms. The molecule has 1 unspecified atom stereocenters. The van der Waals surface area contributed by atoms with Gasteiger partial charge in [0.2, 0.25) is 5.91 Å². The molecule has 3 rings (SSSR count).